The fourth-order valence-corrected chi connectivity index (χ4v) is 5.71. The summed E-state index contributed by atoms with van der Waals surface area (Å²) in [5, 5.41) is 5.36. The summed E-state index contributed by atoms with van der Waals surface area (Å²) in [7, 11) is -3.61. The molecule has 0 saturated heterocycles. The van der Waals surface area contributed by atoms with Crippen molar-refractivity contribution < 1.29 is 13.2 Å². The standard InChI is InChI=1S/C16H14N2O3S3/c19-16(13-5-2-8-22-13)18-11-14(12-4-1-7-17-10-12)24(20,21)15-6-3-9-23-15/h1-10,14H,11H2,(H,18,19)/t14-/m0/s1. The predicted molar refractivity (Wildman–Crippen MR) is 95.1 cm³/mol. The Morgan fingerprint density at radius 2 is 1.92 bits per heavy atom. The van der Waals surface area contributed by atoms with Gasteiger partial charge in [-0.25, -0.2) is 8.42 Å². The molecule has 3 heterocycles. The molecular weight excluding hydrogens is 364 g/mol. The first-order chi connectivity index (χ1) is 11.6. The molecular formula is C16H14N2O3S3. The molecule has 1 atom stereocenters. The molecule has 1 amide bonds. The second-order valence-corrected chi connectivity index (χ2v) is 9.19. The van der Waals surface area contributed by atoms with Gasteiger partial charge in [0.25, 0.3) is 5.91 Å². The third kappa shape index (κ3) is 3.55. The van der Waals surface area contributed by atoms with E-state index in [1.807, 2.05) is 0 Å². The lowest BCUT2D eigenvalue weighted by Crippen LogP contribution is -2.31. The number of hydrogen-bond donors (Lipinski definition) is 1. The van der Waals surface area contributed by atoms with E-state index in [9.17, 15) is 13.2 Å². The molecule has 0 aliphatic carbocycles. The summed E-state index contributed by atoms with van der Waals surface area (Å²) in [6, 6.07) is 10.1. The third-order valence-electron chi connectivity index (χ3n) is 3.40. The number of hydrogen-bond acceptors (Lipinski definition) is 6. The van der Waals surface area contributed by atoms with Crippen molar-refractivity contribution in [2.24, 2.45) is 0 Å². The van der Waals surface area contributed by atoms with Crippen LogP contribution in [-0.2, 0) is 9.84 Å². The molecule has 8 heteroatoms. The maximum Gasteiger partial charge on any atom is 0.261 e. The summed E-state index contributed by atoms with van der Waals surface area (Å²) >= 11 is 2.48. The average molecular weight is 378 g/mol. The van der Waals surface area contributed by atoms with Gasteiger partial charge in [-0.3, -0.25) is 9.78 Å². The topological polar surface area (TPSA) is 76.1 Å². The summed E-state index contributed by atoms with van der Waals surface area (Å²) in [5.41, 5.74) is 0.553. The number of pyridine rings is 1. The Bertz CT molecular complexity index is 889. The summed E-state index contributed by atoms with van der Waals surface area (Å²) in [4.78, 5) is 16.7. The van der Waals surface area contributed by atoms with Crippen molar-refractivity contribution in [3.8, 4) is 0 Å². The second-order valence-electron chi connectivity index (χ2n) is 4.94. The molecule has 0 radical (unpaired) electrons. The Morgan fingerprint density at radius 3 is 2.54 bits per heavy atom. The minimum atomic E-state index is -3.61. The number of nitrogens with one attached hydrogen (secondary N) is 1. The monoisotopic (exact) mass is 378 g/mol. The van der Waals surface area contributed by atoms with E-state index in [-0.39, 0.29) is 16.7 Å². The summed E-state index contributed by atoms with van der Waals surface area (Å²) in [6.07, 6.45) is 3.11. The van der Waals surface area contributed by atoms with E-state index in [1.54, 1.807) is 53.4 Å². The molecule has 0 fully saturated rings. The van der Waals surface area contributed by atoms with Crippen LogP contribution < -0.4 is 5.32 Å². The number of carbonyl (C=O) groups is 1. The largest absolute Gasteiger partial charge is 0.350 e. The number of thiophene rings is 2. The first-order valence-electron chi connectivity index (χ1n) is 7.08. The van der Waals surface area contributed by atoms with E-state index in [4.69, 9.17) is 0 Å². The van der Waals surface area contributed by atoms with E-state index >= 15 is 0 Å². The van der Waals surface area contributed by atoms with Crippen LogP contribution in [0, 0.1) is 0 Å². The van der Waals surface area contributed by atoms with Crippen LogP contribution in [0.5, 0.6) is 0 Å². The molecule has 1 N–H and O–H groups in total. The van der Waals surface area contributed by atoms with Crippen molar-refractivity contribution in [2.75, 3.05) is 6.54 Å². The molecule has 24 heavy (non-hydrogen) atoms. The highest BCUT2D eigenvalue weighted by Gasteiger charge is 2.30. The Hall–Kier alpha value is -2.03. The van der Waals surface area contributed by atoms with E-state index in [0.29, 0.717) is 10.4 Å². The Balaban J connectivity index is 1.87. The van der Waals surface area contributed by atoms with Gasteiger partial charge in [0.1, 0.15) is 9.46 Å². The Morgan fingerprint density at radius 1 is 1.12 bits per heavy atom. The number of nitrogens with zero attached hydrogens (tertiary/aromatic N) is 1. The lowest BCUT2D eigenvalue weighted by atomic mass is 10.2. The van der Waals surface area contributed by atoms with Gasteiger partial charge in [-0.15, -0.1) is 22.7 Å². The zero-order valence-electron chi connectivity index (χ0n) is 12.5. The van der Waals surface area contributed by atoms with Crippen molar-refractivity contribution in [3.63, 3.8) is 0 Å². The smallest absolute Gasteiger partial charge is 0.261 e. The van der Waals surface area contributed by atoms with Gasteiger partial charge in [-0.2, -0.15) is 0 Å². The van der Waals surface area contributed by atoms with Gasteiger partial charge in [-0.05, 0) is 34.5 Å². The highest BCUT2D eigenvalue weighted by molar-refractivity contribution is 7.93. The number of aromatic nitrogens is 1. The van der Waals surface area contributed by atoms with Crippen LogP contribution in [0.15, 0.2) is 63.8 Å². The predicted octanol–water partition coefficient (Wildman–Crippen LogP) is 3.15. The van der Waals surface area contributed by atoms with Gasteiger partial charge in [0.15, 0.2) is 9.84 Å². The quantitative estimate of drug-likeness (QED) is 0.715. The van der Waals surface area contributed by atoms with E-state index in [2.05, 4.69) is 10.3 Å². The van der Waals surface area contributed by atoms with Crippen LogP contribution in [-0.4, -0.2) is 25.9 Å². The van der Waals surface area contributed by atoms with Crippen molar-refractivity contribution in [1.29, 1.82) is 0 Å². The number of sulfone groups is 1. The maximum atomic E-state index is 12.9. The molecule has 0 spiro atoms. The van der Waals surface area contributed by atoms with Crippen molar-refractivity contribution >= 4 is 38.4 Å². The molecule has 0 aromatic carbocycles. The molecule has 0 aliphatic rings. The van der Waals surface area contributed by atoms with Gasteiger partial charge in [-0.1, -0.05) is 18.2 Å². The summed E-state index contributed by atoms with van der Waals surface area (Å²) in [5.74, 6) is -0.278. The molecule has 3 rings (SSSR count). The normalized spacial score (nSPS) is 12.7. The zero-order chi connectivity index (χ0) is 17.0. The molecule has 3 aromatic heterocycles. The molecule has 0 aliphatic heterocycles. The van der Waals surface area contributed by atoms with Gasteiger partial charge in [0, 0.05) is 18.9 Å². The SMILES string of the molecule is O=C(NC[C@@H](c1cccnc1)S(=O)(=O)c1cccs1)c1cccs1. The molecule has 3 aromatic rings. The van der Waals surface area contributed by atoms with Crippen LogP contribution in [0.4, 0.5) is 0 Å². The van der Waals surface area contributed by atoms with E-state index in [1.165, 1.54) is 28.9 Å². The zero-order valence-corrected chi connectivity index (χ0v) is 14.9. The third-order valence-corrected chi connectivity index (χ3v) is 7.80. The van der Waals surface area contributed by atoms with Crippen LogP contribution in [0.2, 0.25) is 0 Å². The Kier molecular flexibility index (Phi) is 5.08. The minimum absolute atomic E-state index is 0.0112. The van der Waals surface area contributed by atoms with Crippen LogP contribution in [0.3, 0.4) is 0 Å². The first-order valence-corrected chi connectivity index (χ1v) is 10.4. The van der Waals surface area contributed by atoms with Crippen LogP contribution in [0.1, 0.15) is 20.5 Å². The fraction of sp³-hybridized carbons (Fsp3) is 0.125. The molecule has 0 unspecified atom stereocenters. The number of carbonyl (C=O) groups excluding carboxylic acids is 1. The highest BCUT2D eigenvalue weighted by Crippen LogP contribution is 2.30. The lowest BCUT2D eigenvalue weighted by molar-refractivity contribution is 0.0957. The van der Waals surface area contributed by atoms with Crippen LogP contribution >= 0.6 is 22.7 Å². The summed E-state index contributed by atoms with van der Waals surface area (Å²) in [6.45, 7) is -0.0112. The van der Waals surface area contributed by atoms with Gasteiger partial charge in [0.05, 0.1) is 4.88 Å². The Labute approximate surface area is 147 Å². The number of rotatable bonds is 6. The average Bonchev–Trinajstić information content (AvgIpc) is 3.29. The van der Waals surface area contributed by atoms with E-state index < -0.39 is 15.1 Å². The maximum absolute atomic E-state index is 12.9. The number of amides is 1. The van der Waals surface area contributed by atoms with Crippen LogP contribution in [0.25, 0.3) is 0 Å². The molecule has 0 saturated carbocycles. The van der Waals surface area contributed by atoms with Gasteiger partial charge >= 0.3 is 0 Å². The van der Waals surface area contributed by atoms with Gasteiger partial charge in [0.2, 0.25) is 0 Å². The van der Waals surface area contributed by atoms with Gasteiger partial charge < -0.3 is 5.32 Å². The summed E-state index contributed by atoms with van der Waals surface area (Å²) < 4.78 is 26.1. The minimum Gasteiger partial charge on any atom is -0.350 e. The fourth-order valence-electron chi connectivity index (χ4n) is 2.22. The van der Waals surface area contributed by atoms with Crippen molar-refractivity contribution in [1.82, 2.24) is 10.3 Å². The molecule has 124 valence electrons. The van der Waals surface area contributed by atoms with Crippen molar-refractivity contribution in [3.05, 3.63) is 70.0 Å². The van der Waals surface area contributed by atoms with E-state index in [0.717, 1.165) is 0 Å². The highest BCUT2D eigenvalue weighted by atomic mass is 32.2. The molecule has 5 nitrogen and oxygen atoms in total. The first kappa shape index (κ1) is 16.8. The lowest BCUT2D eigenvalue weighted by Gasteiger charge is -2.17. The second kappa shape index (κ2) is 7.25. The van der Waals surface area contributed by atoms with Crippen molar-refractivity contribution in [2.45, 2.75) is 9.46 Å². The molecule has 0 bridgehead atoms.